The second kappa shape index (κ2) is 8.93. The van der Waals surface area contributed by atoms with Crippen LogP contribution in [0, 0.1) is 0 Å². The fraction of sp³-hybridized carbons (Fsp3) is 0.440. The maximum Gasteiger partial charge on any atom is 0.193 e. The predicted octanol–water partition coefficient (Wildman–Crippen LogP) is 5.01. The van der Waals surface area contributed by atoms with Crippen LogP contribution in [0.5, 0.6) is 0 Å². The van der Waals surface area contributed by atoms with E-state index in [0.717, 1.165) is 24.6 Å². The Morgan fingerprint density at radius 2 is 1.03 bits per heavy atom. The Balaban J connectivity index is 0.00000256. The molecule has 0 bridgehead atoms. The van der Waals surface area contributed by atoms with Crippen LogP contribution in [0.1, 0.15) is 45.2 Å². The fourth-order valence-electron chi connectivity index (χ4n) is 4.00. The van der Waals surface area contributed by atoms with Gasteiger partial charge in [-0.15, -0.1) is 0 Å². The largest absolute Gasteiger partial charge is 0.472 e. The molecule has 0 aromatic heterocycles. The van der Waals surface area contributed by atoms with Crippen LogP contribution in [0.2, 0.25) is 0 Å². The molecule has 0 saturated heterocycles. The molecule has 4 rings (SSSR count). The van der Waals surface area contributed by atoms with E-state index in [1.807, 2.05) is 12.1 Å². The minimum atomic E-state index is -0.330. The number of hydrogen-bond acceptors (Lipinski definition) is 4. The first-order valence-electron chi connectivity index (χ1n) is 10.4. The molecule has 0 unspecified atom stereocenters. The summed E-state index contributed by atoms with van der Waals surface area (Å²) in [4.78, 5) is 9.78. The molecule has 2 atom stereocenters. The number of nitrogens with zero attached hydrogens (tertiary/aromatic N) is 2. The molecule has 0 amide bonds. The van der Waals surface area contributed by atoms with Gasteiger partial charge in [0, 0.05) is 16.5 Å². The molecule has 5 heteroatoms. The van der Waals surface area contributed by atoms with E-state index in [-0.39, 0.29) is 39.8 Å². The van der Waals surface area contributed by atoms with Crippen molar-refractivity contribution in [1.29, 1.82) is 0 Å². The summed E-state index contributed by atoms with van der Waals surface area (Å²) in [6.07, 6.45) is 2.25. The third kappa shape index (κ3) is 5.13. The Morgan fingerprint density at radius 3 is 1.40 bits per heavy atom. The molecule has 2 heterocycles. The van der Waals surface area contributed by atoms with Crippen LogP contribution in [-0.2, 0) is 38.8 Å². The van der Waals surface area contributed by atoms with Gasteiger partial charge in [-0.05, 0) is 51.7 Å². The van der Waals surface area contributed by atoms with Crippen molar-refractivity contribution in [2.75, 3.05) is 0 Å². The van der Waals surface area contributed by atoms with Gasteiger partial charge in [-0.25, -0.2) is 9.98 Å². The van der Waals surface area contributed by atoms with Crippen molar-refractivity contribution in [3.05, 3.63) is 71.8 Å². The quantitative estimate of drug-likeness (QED) is 0.582. The Morgan fingerprint density at radius 1 is 0.667 bits per heavy atom. The number of benzene rings is 2. The van der Waals surface area contributed by atoms with Crippen LogP contribution in [-0.4, -0.2) is 35.1 Å². The molecule has 2 aliphatic heterocycles. The van der Waals surface area contributed by atoms with E-state index < -0.39 is 0 Å². The first-order valence-corrected chi connectivity index (χ1v) is 10.4. The summed E-state index contributed by atoms with van der Waals surface area (Å²) in [6, 6.07) is 21.1. The zero-order chi connectivity index (χ0) is 20.5. The van der Waals surface area contributed by atoms with Crippen molar-refractivity contribution in [3.8, 4) is 0 Å². The predicted molar refractivity (Wildman–Crippen MR) is 118 cm³/mol. The van der Waals surface area contributed by atoms with Crippen LogP contribution in [0.3, 0.4) is 0 Å². The number of aliphatic imine (C=N–C) groups is 2. The van der Waals surface area contributed by atoms with Gasteiger partial charge in [-0.1, -0.05) is 60.7 Å². The molecule has 0 saturated carbocycles. The zero-order valence-corrected chi connectivity index (χ0v) is 19.1. The van der Waals surface area contributed by atoms with Crippen LogP contribution < -0.4 is 0 Å². The molecule has 4 nitrogen and oxygen atoms in total. The van der Waals surface area contributed by atoms with E-state index in [9.17, 15) is 0 Å². The average molecular weight is 449 g/mol. The smallest absolute Gasteiger partial charge is 0.193 e. The van der Waals surface area contributed by atoms with Gasteiger partial charge >= 0.3 is 0 Å². The monoisotopic (exact) mass is 448 g/mol. The van der Waals surface area contributed by atoms with Gasteiger partial charge in [-0.3, -0.25) is 0 Å². The van der Waals surface area contributed by atoms with Crippen molar-refractivity contribution in [3.63, 3.8) is 0 Å². The SMILES string of the molecule is CC1(C)OC(CC2=N[C@H](Cc3ccccc3)C(C)(C)O2)=N[C@@H]1Cc1ccccc1.[Ni]. The van der Waals surface area contributed by atoms with E-state index in [0.29, 0.717) is 6.42 Å². The Labute approximate surface area is 189 Å². The molecule has 2 aromatic rings. The van der Waals surface area contributed by atoms with Gasteiger partial charge in [0.2, 0.25) is 0 Å². The first kappa shape index (κ1) is 22.6. The Hall–Kier alpha value is -2.13. The molecule has 0 spiro atoms. The Kier molecular flexibility index (Phi) is 6.72. The van der Waals surface area contributed by atoms with Gasteiger partial charge in [-0.2, -0.15) is 0 Å². The minimum absolute atomic E-state index is 0. The van der Waals surface area contributed by atoms with Crippen molar-refractivity contribution in [1.82, 2.24) is 0 Å². The van der Waals surface area contributed by atoms with Crippen molar-refractivity contribution >= 4 is 11.8 Å². The second-order valence-corrected chi connectivity index (χ2v) is 9.04. The van der Waals surface area contributed by atoms with Crippen LogP contribution in [0.4, 0.5) is 0 Å². The third-order valence-corrected chi connectivity index (χ3v) is 5.81. The number of rotatable bonds is 6. The topological polar surface area (TPSA) is 43.2 Å². The molecule has 2 aliphatic rings. The van der Waals surface area contributed by atoms with E-state index >= 15 is 0 Å². The first-order chi connectivity index (χ1) is 13.8. The van der Waals surface area contributed by atoms with Crippen molar-refractivity contribution in [2.45, 2.75) is 70.2 Å². The van der Waals surface area contributed by atoms with Crippen molar-refractivity contribution in [2.24, 2.45) is 9.98 Å². The molecule has 0 aliphatic carbocycles. The minimum Gasteiger partial charge on any atom is -0.472 e. The molecular formula is C25H30N2NiO2. The summed E-state index contributed by atoms with van der Waals surface area (Å²) in [5.41, 5.74) is 1.89. The van der Waals surface area contributed by atoms with Gasteiger partial charge < -0.3 is 9.47 Å². The standard InChI is InChI=1S/C25H30N2O2.Ni/c1-24(2)20(15-18-11-7-5-8-12-18)26-22(28-24)17-23-27-21(25(3,4)29-23)16-19-13-9-6-10-14-19;/h5-14,20-21H,15-17H2,1-4H3;/t20-,21-;/m1./s1. The van der Waals surface area contributed by atoms with Gasteiger partial charge in [0.1, 0.15) is 11.2 Å². The summed E-state index contributed by atoms with van der Waals surface area (Å²) < 4.78 is 12.4. The summed E-state index contributed by atoms with van der Waals surface area (Å²) in [7, 11) is 0. The maximum atomic E-state index is 6.21. The van der Waals surface area contributed by atoms with E-state index in [4.69, 9.17) is 19.5 Å². The van der Waals surface area contributed by atoms with Gasteiger partial charge in [0.25, 0.3) is 0 Å². The summed E-state index contributed by atoms with van der Waals surface area (Å²) in [5, 5.41) is 0. The normalized spacial score (nSPS) is 23.6. The summed E-state index contributed by atoms with van der Waals surface area (Å²) in [5.74, 6) is 1.46. The number of ether oxygens (including phenoxy) is 2. The van der Waals surface area contributed by atoms with Crippen LogP contribution in [0.15, 0.2) is 70.6 Å². The van der Waals surface area contributed by atoms with Gasteiger partial charge in [0.05, 0.1) is 18.5 Å². The molecule has 162 valence electrons. The molecule has 2 aromatic carbocycles. The average Bonchev–Trinajstić information content (AvgIpc) is 3.11. The molecule has 0 N–H and O–H groups in total. The maximum absolute atomic E-state index is 6.21. The van der Waals surface area contributed by atoms with E-state index in [2.05, 4.69) is 76.2 Å². The zero-order valence-electron chi connectivity index (χ0n) is 18.1. The summed E-state index contributed by atoms with van der Waals surface area (Å²) >= 11 is 0. The fourth-order valence-corrected chi connectivity index (χ4v) is 4.00. The van der Waals surface area contributed by atoms with Crippen LogP contribution in [0.25, 0.3) is 0 Å². The molecule has 0 fully saturated rings. The third-order valence-electron chi connectivity index (χ3n) is 5.81. The van der Waals surface area contributed by atoms with Crippen LogP contribution >= 0.6 is 0 Å². The Bertz CT molecular complexity index is 832. The van der Waals surface area contributed by atoms with Crippen molar-refractivity contribution < 1.29 is 26.0 Å². The summed E-state index contributed by atoms with van der Waals surface area (Å²) in [6.45, 7) is 8.43. The molecule has 0 radical (unpaired) electrons. The number of hydrogen-bond donors (Lipinski definition) is 0. The second-order valence-electron chi connectivity index (χ2n) is 9.04. The molecular weight excluding hydrogens is 419 g/mol. The van der Waals surface area contributed by atoms with Gasteiger partial charge in [0.15, 0.2) is 11.8 Å². The molecule has 30 heavy (non-hydrogen) atoms. The van der Waals surface area contributed by atoms with E-state index in [1.54, 1.807) is 0 Å². The van der Waals surface area contributed by atoms with E-state index in [1.165, 1.54) is 11.1 Å².